The van der Waals surface area contributed by atoms with Gasteiger partial charge in [0.15, 0.2) is 0 Å². The van der Waals surface area contributed by atoms with Crippen LogP contribution >= 0.6 is 0 Å². The summed E-state index contributed by atoms with van der Waals surface area (Å²) in [6.45, 7) is 21.4. The Bertz CT molecular complexity index is 396. The summed E-state index contributed by atoms with van der Waals surface area (Å²) in [6.07, 6.45) is 0. The number of hydrogen-bond donors (Lipinski definition) is 0. The Labute approximate surface area is 150 Å². The summed E-state index contributed by atoms with van der Waals surface area (Å²) in [4.78, 5) is 4.59. The van der Waals surface area contributed by atoms with Gasteiger partial charge < -0.3 is 0 Å². The standard InChI is InChI=1S/C13H23FN4.3C2H6/c1-11-12(2)16(3)15-13(11)10-18-8-6-17(5-4-14)7-9-18;3*1-2/h4-10H2,1-3H3;3*1-2H3. The average Bonchev–Trinajstić information content (AvgIpc) is 2.89. The number of rotatable bonds is 4. The Balaban J connectivity index is 0. The van der Waals surface area contributed by atoms with Gasteiger partial charge >= 0.3 is 0 Å². The topological polar surface area (TPSA) is 24.3 Å². The molecule has 0 aromatic carbocycles. The van der Waals surface area contributed by atoms with Crippen LogP contribution in [0.15, 0.2) is 0 Å². The van der Waals surface area contributed by atoms with Gasteiger partial charge in [-0.2, -0.15) is 5.10 Å². The zero-order valence-electron chi connectivity index (χ0n) is 17.6. The highest BCUT2D eigenvalue weighted by Crippen LogP contribution is 2.14. The lowest BCUT2D eigenvalue weighted by Crippen LogP contribution is -2.46. The van der Waals surface area contributed by atoms with Crippen LogP contribution in [0.3, 0.4) is 0 Å². The van der Waals surface area contributed by atoms with Crippen LogP contribution in [0.5, 0.6) is 0 Å². The molecule has 144 valence electrons. The third-order valence-corrected chi connectivity index (χ3v) is 3.97. The van der Waals surface area contributed by atoms with E-state index in [1.54, 1.807) is 0 Å². The summed E-state index contributed by atoms with van der Waals surface area (Å²) < 4.78 is 14.2. The lowest BCUT2D eigenvalue weighted by molar-refractivity contribution is 0.120. The van der Waals surface area contributed by atoms with Crippen molar-refractivity contribution in [3.8, 4) is 0 Å². The molecule has 1 aromatic rings. The van der Waals surface area contributed by atoms with Crippen molar-refractivity contribution in [1.29, 1.82) is 0 Å². The van der Waals surface area contributed by atoms with Crippen molar-refractivity contribution in [3.05, 3.63) is 17.0 Å². The summed E-state index contributed by atoms with van der Waals surface area (Å²) in [6, 6.07) is 0. The molecule has 0 atom stereocenters. The molecule has 0 aliphatic carbocycles. The Morgan fingerprint density at radius 3 is 1.71 bits per heavy atom. The van der Waals surface area contributed by atoms with E-state index in [9.17, 15) is 4.39 Å². The number of alkyl halides is 1. The SMILES string of the molecule is CC.CC.CC.Cc1c(CN2CCN(CCF)CC2)nn(C)c1C. The first-order valence-electron chi connectivity index (χ1n) is 9.61. The first-order valence-corrected chi connectivity index (χ1v) is 9.61. The molecule has 4 nitrogen and oxygen atoms in total. The number of piperazine rings is 1. The molecular formula is C19H41FN4. The van der Waals surface area contributed by atoms with Gasteiger partial charge in [-0.3, -0.25) is 14.5 Å². The van der Waals surface area contributed by atoms with Gasteiger partial charge in [0, 0.05) is 52.0 Å². The largest absolute Gasteiger partial charge is 0.298 e. The van der Waals surface area contributed by atoms with Crippen LogP contribution in [0.4, 0.5) is 4.39 Å². The van der Waals surface area contributed by atoms with Crippen molar-refractivity contribution in [2.24, 2.45) is 7.05 Å². The molecule has 0 bridgehead atoms. The zero-order valence-corrected chi connectivity index (χ0v) is 17.6. The summed E-state index contributed by atoms with van der Waals surface area (Å²) in [7, 11) is 1.99. The van der Waals surface area contributed by atoms with E-state index in [1.807, 2.05) is 53.3 Å². The maximum Gasteiger partial charge on any atom is 0.102 e. The van der Waals surface area contributed by atoms with Crippen molar-refractivity contribution >= 4 is 0 Å². The number of nitrogens with zero attached hydrogens (tertiary/aromatic N) is 4. The predicted octanol–water partition coefficient (Wildman–Crippen LogP) is 4.20. The minimum absolute atomic E-state index is 0.238. The van der Waals surface area contributed by atoms with Gasteiger partial charge in [-0.15, -0.1) is 0 Å². The molecule has 24 heavy (non-hydrogen) atoms. The van der Waals surface area contributed by atoms with E-state index in [0.717, 1.165) is 32.7 Å². The predicted molar refractivity (Wildman–Crippen MR) is 104 cm³/mol. The molecule has 1 aromatic heterocycles. The minimum atomic E-state index is -0.238. The molecule has 1 saturated heterocycles. The van der Waals surface area contributed by atoms with Crippen molar-refractivity contribution in [1.82, 2.24) is 19.6 Å². The minimum Gasteiger partial charge on any atom is -0.298 e. The van der Waals surface area contributed by atoms with Crippen LogP contribution in [0.2, 0.25) is 0 Å². The average molecular weight is 345 g/mol. The Morgan fingerprint density at radius 2 is 1.33 bits per heavy atom. The van der Waals surface area contributed by atoms with E-state index in [0.29, 0.717) is 6.54 Å². The van der Waals surface area contributed by atoms with E-state index in [2.05, 4.69) is 28.7 Å². The lowest BCUT2D eigenvalue weighted by Gasteiger charge is -2.33. The van der Waals surface area contributed by atoms with Crippen molar-refractivity contribution in [2.75, 3.05) is 39.4 Å². The first kappa shape index (κ1) is 25.3. The number of halogens is 1. The second kappa shape index (κ2) is 15.6. The summed E-state index contributed by atoms with van der Waals surface area (Å²) in [5.74, 6) is 0. The molecule has 0 spiro atoms. The maximum absolute atomic E-state index is 12.3. The number of hydrogen-bond acceptors (Lipinski definition) is 3. The second-order valence-electron chi connectivity index (χ2n) is 5.09. The van der Waals surface area contributed by atoms with Crippen LogP contribution in [0.1, 0.15) is 58.5 Å². The molecule has 0 N–H and O–H groups in total. The molecule has 0 amide bonds. The smallest absolute Gasteiger partial charge is 0.102 e. The van der Waals surface area contributed by atoms with Crippen LogP contribution in [0, 0.1) is 13.8 Å². The third kappa shape index (κ3) is 8.25. The van der Waals surface area contributed by atoms with E-state index < -0.39 is 0 Å². The van der Waals surface area contributed by atoms with Gasteiger partial charge in [0.25, 0.3) is 0 Å². The molecule has 0 radical (unpaired) electrons. The van der Waals surface area contributed by atoms with Gasteiger partial charge in [0.2, 0.25) is 0 Å². The molecule has 2 rings (SSSR count). The molecular weight excluding hydrogens is 303 g/mol. The van der Waals surface area contributed by atoms with Gasteiger partial charge in [-0.05, 0) is 19.4 Å². The zero-order chi connectivity index (χ0) is 19.1. The van der Waals surface area contributed by atoms with Gasteiger partial charge in [-0.1, -0.05) is 41.5 Å². The van der Waals surface area contributed by atoms with Crippen LogP contribution in [-0.4, -0.2) is 59.0 Å². The first-order chi connectivity index (χ1) is 11.6. The highest BCUT2D eigenvalue weighted by atomic mass is 19.1. The highest BCUT2D eigenvalue weighted by Gasteiger charge is 2.18. The number of aromatic nitrogens is 2. The molecule has 0 saturated carbocycles. The fraction of sp³-hybridized carbons (Fsp3) is 0.842. The maximum atomic E-state index is 12.3. The Kier molecular flexibility index (Phi) is 16.4. The second-order valence-corrected chi connectivity index (χ2v) is 5.09. The van der Waals surface area contributed by atoms with E-state index in [-0.39, 0.29) is 6.67 Å². The van der Waals surface area contributed by atoms with Crippen LogP contribution in [-0.2, 0) is 13.6 Å². The molecule has 1 aliphatic rings. The third-order valence-electron chi connectivity index (χ3n) is 3.97. The van der Waals surface area contributed by atoms with E-state index in [4.69, 9.17) is 0 Å². The highest BCUT2D eigenvalue weighted by molar-refractivity contribution is 5.23. The fourth-order valence-corrected chi connectivity index (χ4v) is 2.44. The van der Waals surface area contributed by atoms with Crippen molar-refractivity contribution in [2.45, 2.75) is 61.9 Å². The molecule has 1 fully saturated rings. The van der Waals surface area contributed by atoms with Crippen molar-refractivity contribution in [3.63, 3.8) is 0 Å². The van der Waals surface area contributed by atoms with Gasteiger partial charge in [0.05, 0.1) is 5.69 Å². The van der Waals surface area contributed by atoms with Crippen LogP contribution in [0.25, 0.3) is 0 Å². The summed E-state index contributed by atoms with van der Waals surface area (Å²) in [5.41, 5.74) is 3.71. The van der Waals surface area contributed by atoms with E-state index >= 15 is 0 Å². The summed E-state index contributed by atoms with van der Waals surface area (Å²) in [5, 5.41) is 4.56. The van der Waals surface area contributed by atoms with Crippen molar-refractivity contribution < 1.29 is 4.39 Å². The fourth-order valence-electron chi connectivity index (χ4n) is 2.44. The van der Waals surface area contributed by atoms with Crippen LogP contribution < -0.4 is 0 Å². The van der Waals surface area contributed by atoms with Gasteiger partial charge in [-0.25, -0.2) is 4.39 Å². The molecule has 1 aliphatic heterocycles. The molecule has 2 heterocycles. The summed E-state index contributed by atoms with van der Waals surface area (Å²) >= 11 is 0. The number of aryl methyl sites for hydroxylation is 1. The van der Waals surface area contributed by atoms with Gasteiger partial charge in [0.1, 0.15) is 6.67 Å². The molecule has 5 heteroatoms. The Hall–Kier alpha value is -0.940. The quantitative estimate of drug-likeness (QED) is 0.818. The Morgan fingerprint density at radius 1 is 0.875 bits per heavy atom. The normalized spacial score (nSPS) is 14.6. The monoisotopic (exact) mass is 344 g/mol. The van der Waals surface area contributed by atoms with E-state index in [1.165, 1.54) is 17.0 Å². The lowest BCUT2D eigenvalue weighted by atomic mass is 10.2. The molecule has 0 unspecified atom stereocenters.